The number of aliphatic carboxylic acids is 1. The molecule has 6 nitrogen and oxygen atoms in total. The lowest BCUT2D eigenvalue weighted by Crippen LogP contribution is -2.15. The van der Waals surface area contributed by atoms with Crippen LogP contribution >= 0.6 is 0 Å². The molecule has 0 aliphatic rings. The number of rotatable bonds is 6. The molecule has 0 bridgehead atoms. The van der Waals surface area contributed by atoms with E-state index in [-0.39, 0.29) is 17.0 Å². The molecule has 2 N–H and O–H groups in total. The van der Waals surface area contributed by atoms with Gasteiger partial charge in [0.1, 0.15) is 29.0 Å². The van der Waals surface area contributed by atoms with Gasteiger partial charge in [-0.3, -0.25) is 4.79 Å². The predicted molar refractivity (Wildman–Crippen MR) is 88.2 cm³/mol. The summed E-state index contributed by atoms with van der Waals surface area (Å²) in [6.07, 6.45) is 1.17. The van der Waals surface area contributed by atoms with Crippen LogP contribution in [0.4, 0.5) is 14.5 Å². The number of nitriles is 1. The number of halogens is 2. The molecule has 26 heavy (non-hydrogen) atoms. The molecule has 0 saturated carbocycles. The quantitative estimate of drug-likeness (QED) is 0.611. The number of carboxylic acid groups (broad SMARTS) is 1. The van der Waals surface area contributed by atoms with Crippen LogP contribution in [-0.4, -0.2) is 23.6 Å². The molecular weight excluding hydrogens is 346 g/mol. The van der Waals surface area contributed by atoms with E-state index in [1.807, 2.05) is 0 Å². The molecule has 0 spiro atoms. The fraction of sp³-hybridized carbons (Fsp3) is 0.0556. The second-order valence-electron chi connectivity index (χ2n) is 4.97. The van der Waals surface area contributed by atoms with Crippen LogP contribution in [0, 0.1) is 23.0 Å². The zero-order chi connectivity index (χ0) is 19.1. The Morgan fingerprint density at radius 2 is 1.96 bits per heavy atom. The summed E-state index contributed by atoms with van der Waals surface area (Å²) < 4.78 is 31.6. The van der Waals surface area contributed by atoms with Crippen LogP contribution in [0.25, 0.3) is 6.08 Å². The highest BCUT2D eigenvalue weighted by molar-refractivity contribution is 6.09. The van der Waals surface area contributed by atoms with Crippen LogP contribution < -0.4 is 10.1 Å². The maximum absolute atomic E-state index is 13.6. The Balaban J connectivity index is 2.26. The van der Waals surface area contributed by atoms with Gasteiger partial charge in [-0.05, 0) is 24.3 Å². The molecule has 0 unspecified atom stereocenters. The topological polar surface area (TPSA) is 99.4 Å². The Morgan fingerprint density at radius 1 is 1.23 bits per heavy atom. The lowest BCUT2D eigenvalue weighted by Gasteiger charge is -2.08. The molecule has 1 amide bonds. The van der Waals surface area contributed by atoms with Crippen molar-refractivity contribution >= 4 is 23.6 Å². The van der Waals surface area contributed by atoms with Gasteiger partial charge in [-0.2, -0.15) is 5.26 Å². The summed E-state index contributed by atoms with van der Waals surface area (Å²) in [5.74, 6) is -3.73. The zero-order valence-corrected chi connectivity index (χ0v) is 13.2. The highest BCUT2D eigenvalue weighted by Crippen LogP contribution is 2.22. The number of carbonyl (C=O) groups is 2. The van der Waals surface area contributed by atoms with Crippen LogP contribution in [0.3, 0.4) is 0 Å². The third-order valence-corrected chi connectivity index (χ3v) is 3.11. The van der Waals surface area contributed by atoms with Crippen molar-refractivity contribution in [3.05, 3.63) is 65.2 Å². The van der Waals surface area contributed by atoms with Gasteiger partial charge in [-0.15, -0.1) is 0 Å². The molecule has 0 heterocycles. The van der Waals surface area contributed by atoms with Crippen molar-refractivity contribution in [3.63, 3.8) is 0 Å². The molecule has 0 atom stereocenters. The highest BCUT2D eigenvalue weighted by atomic mass is 19.1. The van der Waals surface area contributed by atoms with Gasteiger partial charge in [0.2, 0.25) is 0 Å². The van der Waals surface area contributed by atoms with Gasteiger partial charge >= 0.3 is 5.97 Å². The number of para-hydroxylation sites is 1. The molecule has 132 valence electrons. The lowest BCUT2D eigenvalue weighted by molar-refractivity contribution is -0.139. The van der Waals surface area contributed by atoms with Crippen LogP contribution in [0.5, 0.6) is 5.75 Å². The number of anilines is 1. The Morgan fingerprint density at radius 3 is 2.62 bits per heavy atom. The lowest BCUT2D eigenvalue weighted by atomic mass is 10.1. The Kier molecular flexibility index (Phi) is 6.01. The summed E-state index contributed by atoms with van der Waals surface area (Å²) in [6, 6.07) is 10.4. The molecule has 0 aromatic heterocycles. The maximum atomic E-state index is 13.6. The molecule has 2 aromatic rings. The van der Waals surface area contributed by atoms with Gasteiger partial charge in [0.25, 0.3) is 5.91 Å². The minimum atomic E-state index is -1.19. The standard InChI is InChI=1S/C18H12F2N2O4/c19-13-5-6-15(14(20)8-13)22-18(25)12(9-21)7-11-3-1-2-4-16(11)26-10-17(23)24/h1-8H,10H2,(H,22,25)(H,23,24)/b12-7-. The third kappa shape index (κ3) is 4.88. The Labute approximate surface area is 146 Å². The van der Waals surface area contributed by atoms with Crippen LogP contribution in [-0.2, 0) is 9.59 Å². The normalized spacial score (nSPS) is 10.7. The summed E-state index contributed by atoms with van der Waals surface area (Å²) in [7, 11) is 0. The van der Waals surface area contributed by atoms with Gasteiger partial charge in [0, 0.05) is 11.6 Å². The number of amides is 1. The van der Waals surface area contributed by atoms with Gasteiger partial charge < -0.3 is 15.2 Å². The van der Waals surface area contributed by atoms with Gasteiger partial charge in [-0.1, -0.05) is 18.2 Å². The van der Waals surface area contributed by atoms with E-state index >= 15 is 0 Å². The minimum Gasteiger partial charge on any atom is -0.481 e. The zero-order valence-electron chi connectivity index (χ0n) is 13.2. The maximum Gasteiger partial charge on any atom is 0.341 e. The molecule has 2 rings (SSSR count). The number of hydrogen-bond acceptors (Lipinski definition) is 4. The minimum absolute atomic E-state index is 0.156. The van der Waals surface area contributed by atoms with E-state index in [0.717, 1.165) is 12.1 Å². The van der Waals surface area contributed by atoms with Gasteiger partial charge in [0.15, 0.2) is 6.61 Å². The number of ether oxygens (including phenoxy) is 1. The summed E-state index contributed by atoms with van der Waals surface area (Å²) in [6.45, 7) is -0.597. The SMILES string of the molecule is N#C/C(=C/c1ccccc1OCC(=O)O)C(=O)Nc1ccc(F)cc1F. The molecule has 0 radical (unpaired) electrons. The molecule has 0 fully saturated rings. The summed E-state index contributed by atoms with van der Waals surface area (Å²) in [5.41, 5.74) is -0.368. The second-order valence-corrected chi connectivity index (χ2v) is 4.97. The molecule has 8 heteroatoms. The van der Waals surface area contributed by atoms with Crippen molar-refractivity contribution in [2.45, 2.75) is 0 Å². The third-order valence-electron chi connectivity index (χ3n) is 3.11. The molecule has 2 aromatic carbocycles. The van der Waals surface area contributed by atoms with Crippen molar-refractivity contribution < 1.29 is 28.2 Å². The second kappa shape index (κ2) is 8.39. The van der Waals surface area contributed by atoms with E-state index in [1.165, 1.54) is 18.2 Å². The number of carboxylic acids is 1. The number of benzene rings is 2. The molecular formula is C18H12F2N2O4. The van der Waals surface area contributed by atoms with E-state index in [0.29, 0.717) is 11.6 Å². The smallest absolute Gasteiger partial charge is 0.341 e. The van der Waals surface area contributed by atoms with Crippen molar-refractivity contribution in [2.24, 2.45) is 0 Å². The fourth-order valence-electron chi connectivity index (χ4n) is 1.96. The van der Waals surface area contributed by atoms with E-state index < -0.39 is 30.1 Å². The fourth-order valence-corrected chi connectivity index (χ4v) is 1.96. The molecule has 0 aliphatic carbocycles. The van der Waals surface area contributed by atoms with E-state index in [1.54, 1.807) is 18.2 Å². The first-order chi connectivity index (χ1) is 12.4. The first-order valence-corrected chi connectivity index (χ1v) is 7.22. The first kappa shape index (κ1) is 18.6. The van der Waals surface area contributed by atoms with Crippen molar-refractivity contribution in [2.75, 3.05) is 11.9 Å². The van der Waals surface area contributed by atoms with Gasteiger partial charge in [0.05, 0.1) is 5.69 Å². The summed E-state index contributed by atoms with van der Waals surface area (Å²) in [5, 5.41) is 20.0. The van der Waals surface area contributed by atoms with Crippen molar-refractivity contribution in [1.82, 2.24) is 0 Å². The first-order valence-electron chi connectivity index (χ1n) is 7.22. The number of nitrogens with zero attached hydrogens (tertiary/aromatic N) is 1. The molecule has 0 saturated heterocycles. The van der Waals surface area contributed by atoms with E-state index in [9.17, 15) is 23.6 Å². The summed E-state index contributed by atoms with van der Waals surface area (Å²) in [4.78, 5) is 22.8. The van der Waals surface area contributed by atoms with Crippen molar-refractivity contribution in [3.8, 4) is 11.8 Å². The average molecular weight is 358 g/mol. The van der Waals surface area contributed by atoms with E-state index in [4.69, 9.17) is 9.84 Å². The summed E-state index contributed by atoms with van der Waals surface area (Å²) >= 11 is 0. The number of hydrogen-bond donors (Lipinski definition) is 2. The molecule has 0 aliphatic heterocycles. The average Bonchev–Trinajstić information content (AvgIpc) is 2.60. The highest BCUT2D eigenvalue weighted by Gasteiger charge is 2.14. The Hall–Kier alpha value is -3.73. The van der Waals surface area contributed by atoms with Crippen molar-refractivity contribution in [1.29, 1.82) is 5.26 Å². The largest absolute Gasteiger partial charge is 0.481 e. The number of nitrogens with one attached hydrogen (secondary N) is 1. The van der Waals surface area contributed by atoms with Crippen LogP contribution in [0.2, 0.25) is 0 Å². The van der Waals surface area contributed by atoms with E-state index in [2.05, 4.69) is 5.32 Å². The van der Waals surface area contributed by atoms with Crippen LogP contribution in [0.1, 0.15) is 5.56 Å². The Bertz CT molecular complexity index is 920. The van der Waals surface area contributed by atoms with Gasteiger partial charge in [-0.25, -0.2) is 13.6 Å². The monoisotopic (exact) mass is 358 g/mol. The number of carbonyl (C=O) groups excluding carboxylic acids is 1. The van der Waals surface area contributed by atoms with Crippen LogP contribution in [0.15, 0.2) is 48.0 Å². The predicted octanol–water partition coefficient (Wildman–Crippen LogP) is 2.97.